The number of hydrogen-bond acceptors (Lipinski definition) is 4. The first-order valence-electron chi connectivity index (χ1n) is 6.69. The lowest BCUT2D eigenvalue weighted by molar-refractivity contribution is 0.493. The molecule has 98 valence electrons. The Hall–Kier alpha value is -1.94. The van der Waals surface area contributed by atoms with Crippen LogP contribution >= 0.6 is 0 Å². The van der Waals surface area contributed by atoms with Crippen LogP contribution in [0.4, 0.5) is 5.95 Å². The number of piperazine rings is 1. The first-order chi connectivity index (χ1) is 9.34. The Morgan fingerprint density at radius 3 is 2.53 bits per heavy atom. The lowest BCUT2D eigenvalue weighted by Gasteiger charge is -2.33. The van der Waals surface area contributed by atoms with Gasteiger partial charge in [-0.05, 0) is 12.5 Å². The number of nitrogens with zero attached hydrogens (tertiary/aromatic N) is 3. The van der Waals surface area contributed by atoms with Gasteiger partial charge in [0.2, 0.25) is 5.95 Å². The molecule has 19 heavy (non-hydrogen) atoms. The van der Waals surface area contributed by atoms with E-state index in [2.05, 4.69) is 39.2 Å². The van der Waals surface area contributed by atoms with Gasteiger partial charge in [-0.25, -0.2) is 9.97 Å². The molecular formula is C15H18N4. The molecule has 1 aromatic heterocycles. The van der Waals surface area contributed by atoms with Crippen molar-refractivity contribution in [1.82, 2.24) is 15.3 Å². The second kappa shape index (κ2) is 5.36. The largest absolute Gasteiger partial charge is 0.336 e. The van der Waals surface area contributed by atoms with Crippen molar-refractivity contribution in [3.63, 3.8) is 0 Å². The standard InChI is InChI=1S/C15H18N4/c1-12-9-16-7-8-19(12)15-17-10-14(11-18-15)13-5-3-2-4-6-13/h2-6,10-12,16H,7-9H2,1H3. The topological polar surface area (TPSA) is 41.0 Å². The number of anilines is 1. The Morgan fingerprint density at radius 1 is 1.11 bits per heavy atom. The summed E-state index contributed by atoms with van der Waals surface area (Å²) in [5, 5.41) is 3.37. The molecule has 1 aromatic carbocycles. The molecule has 0 radical (unpaired) electrons. The fourth-order valence-corrected chi connectivity index (χ4v) is 2.39. The zero-order valence-electron chi connectivity index (χ0n) is 11.1. The van der Waals surface area contributed by atoms with Crippen LogP contribution in [0.25, 0.3) is 11.1 Å². The first-order valence-corrected chi connectivity index (χ1v) is 6.69. The molecule has 1 aliphatic heterocycles. The number of nitrogens with one attached hydrogen (secondary N) is 1. The van der Waals surface area contributed by atoms with Gasteiger partial charge in [-0.3, -0.25) is 0 Å². The third-order valence-corrected chi connectivity index (χ3v) is 3.50. The van der Waals surface area contributed by atoms with E-state index in [1.807, 2.05) is 30.6 Å². The average molecular weight is 254 g/mol. The lowest BCUT2D eigenvalue weighted by atomic mass is 10.1. The summed E-state index contributed by atoms with van der Waals surface area (Å²) in [4.78, 5) is 11.3. The lowest BCUT2D eigenvalue weighted by Crippen LogP contribution is -2.50. The van der Waals surface area contributed by atoms with Crippen LogP contribution in [-0.2, 0) is 0 Å². The highest BCUT2D eigenvalue weighted by Crippen LogP contribution is 2.19. The molecule has 1 N–H and O–H groups in total. The molecule has 0 saturated carbocycles. The van der Waals surface area contributed by atoms with E-state index >= 15 is 0 Å². The average Bonchev–Trinajstić information content (AvgIpc) is 2.49. The molecule has 1 unspecified atom stereocenters. The summed E-state index contributed by atoms with van der Waals surface area (Å²) in [5.74, 6) is 0.827. The Bertz CT molecular complexity index is 524. The fourth-order valence-electron chi connectivity index (χ4n) is 2.39. The maximum Gasteiger partial charge on any atom is 0.225 e. The van der Waals surface area contributed by atoms with E-state index in [4.69, 9.17) is 0 Å². The molecule has 2 aromatic rings. The minimum Gasteiger partial charge on any atom is -0.336 e. The zero-order valence-corrected chi connectivity index (χ0v) is 11.1. The second-order valence-corrected chi connectivity index (χ2v) is 4.88. The van der Waals surface area contributed by atoms with E-state index < -0.39 is 0 Å². The quantitative estimate of drug-likeness (QED) is 0.889. The predicted octanol–water partition coefficient (Wildman–Crippen LogP) is 1.94. The second-order valence-electron chi connectivity index (χ2n) is 4.88. The Morgan fingerprint density at radius 2 is 1.84 bits per heavy atom. The maximum atomic E-state index is 4.52. The van der Waals surface area contributed by atoms with Gasteiger partial charge >= 0.3 is 0 Å². The number of aromatic nitrogens is 2. The number of hydrogen-bond donors (Lipinski definition) is 1. The summed E-state index contributed by atoms with van der Waals surface area (Å²) in [6.07, 6.45) is 3.82. The van der Waals surface area contributed by atoms with Gasteiger partial charge in [0.05, 0.1) is 0 Å². The van der Waals surface area contributed by atoms with Crippen LogP contribution < -0.4 is 10.2 Å². The summed E-state index contributed by atoms with van der Waals surface area (Å²) in [7, 11) is 0. The molecular weight excluding hydrogens is 236 g/mol. The van der Waals surface area contributed by atoms with Crippen LogP contribution in [0.3, 0.4) is 0 Å². The van der Waals surface area contributed by atoms with Gasteiger partial charge in [0.25, 0.3) is 0 Å². The van der Waals surface area contributed by atoms with E-state index in [1.165, 1.54) is 0 Å². The van der Waals surface area contributed by atoms with Crippen LogP contribution in [-0.4, -0.2) is 35.6 Å². The van der Waals surface area contributed by atoms with Gasteiger partial charge in [-0.1, -0.05) is 30.3 Å². The Labute approximate surface area is 113 Å². The molecule has 4 heteroatoms. The Kier molecular flexibility index (Phi) is 3.42. The molecule has 1 fully saturated rings. The Balaban J connectivity index is 1.83. The molecule has 1 aliphatic rings. The van der Waals surface area contributed by atoms with Crippen molar-refractivity contribution in [2.24, 2.45) is 0 Å². The van der Waals surface area contributed by atoms with Crippen molar-refractivity contribution in [2.75, 3.05) is 24.5 Å². The minimum absolute atomic E-state index is 0.441. The van der Waals surface area contributed by atoms with Crippen molar-refractivity contribution in [1.29, 1.82) is 0 Å². The van der Waals surface area contributed by atoms with Crippen molar-refractivity contribution >= 4 is 5.95 Å². The normalized spacial score (nSPS) is 19.4. The summed E-state index contributed by atoms with van der Waals surface area (Å²) in [6.45, 7) is 5.14. The third-order valence-electron chi connectivity index (χ3n) is 3.50. The summed E-state index contributed by atoms with van der Waals surface area (Å²) < 4.78 is 0. The maximum absolute atomic E-state index is 4.52. The van der Waals surface area contributed by atoms with Crippen LogP contribution in [0, 0.1) is 0 Å². The molecule has 0 spiro atoms. The van der Waals surface area contributed by atoms with Gasteiger partial charge in [0.1, 0.15) is 0 Å². The van der Waals surface area contributed by atoms with E-state index in [0.29, 0.717) is 6.04 Å². The molecule has 0 bridgehead atoms. The van der Waals surface area contributed by atoms with Gasteiger partial charge in [0.15, 0.2) is 0 Å². The van der Waals surface area contributed by atoms with Crippen molar-refractivity contribution in [2.45, 2.75) is 13.0 Å². The van der Waals surface area contributed by atoms with E-state index in [9.17, 15) is 0 Å². The highest BCUT2D eigenvalue weighted by molar-refractivity contribution is 5.61. The smallest absolute Gasteiger partial charge is 0.225 e. The van der Waals surface area contributed by atoms with Crippen LogP contribution in [0.1, 0.15) is 6.92 Å². The zero-order chi connectivity index (χ0) is 13.1. The van der Waals surface area contributed by atoms with E-state index in [1.54, 1.807) is 0 Å². The predicted molar refractivity (Wildman–Crippen MR) is 77.1 cm³/mol. The molecule has 1 saturated heterocycles. The van der Waals surface area contributed by atoms with Crippen molar-refractivity contribution in [3.8, 4) is 11.1 Å². The number of rotatable bonds is 2. The fraction of sp³-hybridized carbons (Fsp3) is 0.333. The molecule has 0 aliphatic carbocycles. The van der Waals surface area contributed by atoms with Crippen LogP contribution in [0.15, 0.2) is 42.7 Å². The van der Waals surface area contributed by atoms with Gasteiger partial charge in [-0.2, -0.15) is 0 Å². The third kappa shape index (κ3) is 2.58. The van der Waals surface area contributed by atoms with Crippen molar-refractivity contribution in [3.05, 3.63) is 42.7 Å². The van der Waals surface area contributed by atoms with Crippen molar-refractivity contribution < 1.29 is 0 Å². The SMILES string of the molecule is CC1CNCCN1c1ncc(-c2ccccc2)cn1. The number of benzene rings is 1. The molecule has 4 nitrogen and oxygen atoms in total. The first kappa shape index (κ1) is 12.1. The van der Waals surface area contributed by atoms with E-state index in [0.717, 1.165) is 36.7 Å². The minimum atomic E-state index is 0.441. The highest BCUT2D eigenvalue weighted by Gasteiger charge is 2.20. The highest BCUT2D eigenvalue weighted by atomic mass is 15.3. The molecule has 0 amide bonds. The molecule has 3 rings (SSSR count). The molecule has 2 heterocycles. The van der Waals surface area contributed by atoms with Crippen LogP contribution in [0.2, 0.25) is 0 Å². The summed E-state index contributed by atoms with van der Waals surface area (Å²) >= 11 is 0. The van der Waals surface area contributed by atoms with Gasteiger partial charge < -0.3 is 10.2 Å². The van der Waals surface area contributed by atoms with E-state index in [-0.39, 0.29) is 0 Å². The summed E-state index contributed by atoms with van der Waals surface area (Å²) in [6, 6.07) is 10.7. The van der Waals surface area contributed by atoms with Gasteiger partial charge in [0, 0.05) is 43.6 Å². The monoisotopic (exact) mass is 254 g/mol. The van der Waals surface area contributed by atoms with Crippen LogP contribution in [0.5, 0.6) is 0 Å². The summed E-state index contributed by atoms with van der Waals surface area (Å²) in [5.41, 5.74) is 2.22. The molecule has 1 atom stereocenters. The van der Waals surface area contributed by atoms with Gasteiger partial charge in [-0.15, -0.1) is 0 Å².